The summed E-state index contributed by atoms with van der Waals surface area (Å²) in [4.78, 5) is 26.5. The summed E-state index contributed by atoms with van der Waals surface area (Å²) in [6, 6.07) is 7.29. The summed E-state index contributed by atoms with van der Waals surface area (Å²) in [7, 11) is 0. The molecule has 1 saturated heterocycles. The number of amides is 2. The molecule has 12 heteroatoms. The van der Waals surface area contributed by atoms with Gasteiger partial charge in [-0.05, 0) is 49.7 Å². The van der Waals surface area contributed by atoms with E-state index in [4.69, 9.17) is 14.2 Å². The Morgan fingerprint density at radius 2 is 1.86 bits per heavy atom. The molecule has 2 amide bonds. The summed E-state index contributed by atoms with van der Waals surface area (Å²) < 4.78 is 71.6. The number of benzene rings is 2. The highest BCUT2D eigenvalue weighted by atomic mass is 19.4. The van der Waals surface area contributed by atoms with Gasteiger partial charge < -0.3 is 29.8 Å². The molecule has 0 bridgehead atoms. The molecule has 2 heterocycles. The number of hydrogen-bond donors (Lipinski definition) is 3. The van der Waals surface area contributed by atoms with E-state index in [9.17, 15) is 27.2 Å². The van der Waals surface area contributed by atoms with Crippen LogP contribution in [0.5, 0.6) is 11.5 Å². The molecule has 2 aromatic carbocycles. The second-order valence-corrected chi connectivity index (χ2v) is 8.54. The van der Waals surface area contributed by atoms with Crippen molar-refractivity contribution in [3.05, 3.63) is 70.4 Å². The fraction of sp³-hybridized carbons (Fsp3) is 0.280. The van der Waals surface area contributed by atoms with E-state index in [0.717, 1.165) is 18.2 Å². The first kappa shape index (κ1) is 26.0. The average Bonchev–Trinajstić information content (AvgIpc) is 2.80. The van der Waals surface area contributed by atoms with Crippen molar-refractivity contribution in [1.29, 1.82) is 0 Å². The fourth-order valence-corrected chi connectivity index (χ4v) is 3.65. The third-order valence-corrected chi connectivity index (χ3v) is 5.43. The number of urea groups is 1. The molecule has 0 atom stereocenters. The SMILES string of the molecule is CCOc1cc(=O)[nH]cc1-c1ccc(NC(=O)Nc2ccc(OC3(C)COC3)c(C(F)(F)F)c2)c(F)c1. The lowest BCUT2D eigenvalue weighted by atomic mass is 10.0. The van der Waals surface area contributed by atoms with Gasteiger partial charge >= 0.3 is 12.2 Å². The van der Waals surface area contributed by atoms with Crippen molar-refractivity contribution < 1.29 is 36.6 Å². The lowest BCUT2D eigenvalue weighted by Gasteiger charge is -2.38. The van der Waals surface area contributed by atoms with Crippen LogP contribution < -0.4 is 25.7 Å². The molecule has 3 aromatic rings. The number of H-pyrrole nitrogens is 1. The lowest BCUT2D eigenvalue weighted by molar-refractivity contribution is -0.160. The summed E-state index contributed by atoms with van der Waals surface area (Å²) in [6.07, 6.45) is -3.36. The van der Waals surface area contributed by atoms with Gasteiger partial charge in [-0.1, -0.05) is 6.07 Å². The van der Waals surface area contributed by atoms with Crippen LogP contribution in [0.1, 0.15) is 19.4 Å². The third-order valence-electron chi connectivity index (χ3n) is 5.43. The van der Waals surface area contributed by atoms with E-state index in [0.29, 0.717) is 11.1 Å². The number of hydrogen-bond acceptors (Lipinski definition) is 5. The number of rotatable bonds is 7. The smallest absolute Gasteiger partial charge is 0.420 e. The number of ether oxygens (including phenoxy) is 3. The van der Waals surface area contributed by atoms with Crippen molar-refractivity contribution in [3.8, 4) is 22.6 Å². The zero-order valence-corrected chi connectivity index (χ0v) is 19.8. The highest BCUT2D eigenvalue weighted by Crippen LogP contribution is 2.40. The molecule has 3 N–H and O–H groups in total. The molecule has 1 aromatic heterocycles. The number of carbonyl (C=O) groups excluding carboxylic acids is 1. The Kier molecular flexibility index (Phi) is 7.12. The number of halogens is 4. The molecule has 0 unspecified atom stereocenters. The Bertz CT molecular complexity index is 1370. The van der Waals surface area contributed by atoms with Crippen LogP contribution in [-0.4, -0.2) is 36.4 Å². The summed E-state index contributed by atoms with van der Waals surface area (Å²) in [5.41, 5.74) is -1.90. The van der Waals surface area contributed by atoms with Gasteiger partial charge in [-0.15, -0.1) is 0 Å². The molecule has 1 aliphatic rings. The van der Waals surface area contributed by atoms with Gasteiger partial charge in [0.2, 0.25) is 0 Å². The number of anilines is 2. The maximum atomic E-state index is 14.8. The second-order valence-electron chi connectivity index (χ2n) is 8.54. The minimum atomic E-state index is -4.74. The zero-order valence-electron chi connectivity index (χ0n) is 19.8. The number of aromatic nitrogens is 1. The molecule has 37 heavy (non-hydrogen) atoms. The number of alkyl halides is 3. The van der Waals surface area contributed by atoms with Gasteiger partial charge in [0, 0.05) is 23.5 Å². The van der Waals surface area contributed by atoms with Crippen LogP contribution in [-0.2, 0) is 10.9 Å². The number of carbonyl (C=O) groups is 1. The summed E-state index contributed by atoms with van der Waals surface area (Å²) in [6.45, 7) is 3.97. The van der Waals surface area contributed by atoms with Crippen LogP contribution in [0.4, 0.5) is 33.7 Å². The minimum absolute atomic E-state index is 0.159. The first-order valence-corrected chi connectivity index (χ1v) is 11.2. The first-order chi connectivity index (χ1) is 17.5. The molecule has 0 saturated carbocycles. The second kappa shape index (κ2) is 10.1. The Balaban J connectivity index is 1.50. The first-order valence-electron chi connectivity index (χ1n) is 11.2. The summed E-state index contributed by atoms with van der Waals surface area (Å²) in [5, 5.41) is 4.54. The predicted octanol–water partition coefficient (Wildman–Crippen LogP) is 5.41. The van der Waals surface area contributed by atoms with Gasteiger partial charge in [-0.2, -0.15) is 13.2 Å². The van der Waals surface area contributed by atoms with Crippen LogP contribution in [0.3, 0.4) is 0 Å². The van der Waals surface area contributed by atoms with Gasteiger partial charge in [0.15, 0.2) is 5.60 Å². The Labute approximate surface area is 208 Å². The van der Waals surface area contributed by atoms with E-state index >= 15 is 0 Å². The van der Waals surface area contributed by atoms with E-state index in [-0.39, 0.29) is 48.3 Å². The molecule has 1 fully saturated rings. The molecule has 0 radical (unpaired) electrons. The maximum absolute atomic E-state index is 14.8. The monoisotopic (exact) mass is 521 g/mol. The van der Waals surface area contributed by atoms with E-state index in [1.54, 1.807) is 13.8 Å². The quantitative estimate of drug-likeness (QED) is 0.361. The van der Waals surface area contributed by atoms with Crippen LogP contribution in [0.15, 0.2) is 53.5 Å². The van der Waals surface area contributed by atoms with E-state index in [1.807, 2.05) is 0 Å². The molecule has 8 nitrogen and oxygen atoms in total. The Morgan fingerprint density at radius 3 is 2.49 bits per heavy atom. The Morgan fingerprint density at radius 1 is 1.11 bits per heavy atom. The van der Waals surface area contributed by atoms with Crippen molar-refractivity contribution in [3.63, 3.8) is 0 Å². The number of pyridine rings is 1. The van der Waals surface area contributed by atoms with Crippen molar-refractivity contribution in [2.75, 3.05) is 30.5 Å². The van der Waals surface area contributed by atoms with Crippen LogP contribution in [0.2, 0.25) is 0 Å². The van der Waals surface area contributed by atoms with E-state index in [1.165, 1.54) is 30.5 Å². The van der Waals surface area contributed by atoms with Crippen molar-refractivity contribution in [2.45, 2.75) is 25.6 Å². The van der Waals surface area contributed by atoms with Crippen molar-refractivity contribution >= 4 is 17.4 Å². The van der Waals surface area contributed by atoms with Crippen LogP contribution in [0, 0.1) is 5.82 Å². The highest BCUT2D eigenvalue weighted by molar-refractivity contribution is 6.00. The van der Waals surface area contributed by atoms with Crippen LogP contribution in [0.25, 0.3) is 11.1 Å². The lowest BCUT2D eigenvalue weighted by Crippen LogP contribution is -2.51. The predicted molar refractivity (Wildman–Crippen MR) is 128 cm³/mol. The van der Waals surface area contributed by atoms with Gasteiger partial charge in [-0.3, -0.25) is 4.79 Å². The number of aromatic amines is 1. The van der Waals surface area contributed by atoms with Crippen molar-refractivity contribution in [2.24, 2.45) is 0 Å². The minimum Gasteiger partial charge on any atom is -0.493 e. The zero-order chi connectivity index (χ0) is 26.8. The van der Waals surface area contributed by atoms with Gasteiger partial charge in [0.05, 0.1) is 31.1 Å². The molecule has 196 valence electrons. The average molecular weight is 521 g/mol. The molecule has 1 aliphatic heterocycles. The van der Waals surface area contributed by atoms with Gasteiger partial charge in [0.25, 0.3) is 5.56 Å². The molecular weight excluding hydrogens is 498 g/mol. The fourth-order valence-electron chi connectivity index (χ4n) is 3.65. The van der Waals surface area contributed by atoms with E-state index < -0.39 is 29.2 Å². The van der Waals surface area contributed by atoms with E-state index in [2.05, 4.69) is 15.6 Å². The third kappa shape index (κ3) is 6.02. The van der Waals surface area contributed by atoms with Crippen molar-refractivity contribution in [1.82, 2.24) is 4.98 Å². The van der Waals surface area contributed by atoms with Crippen LogP contribution >= 0.6 is 0 Å². The largest absolute Gasteiger partial charge is 0.493 e. The molecule has 0 aliphatic carbocycles. The normalized spacial score (nSPS) is 14.4. The van der Waals surface area contributed by atoms with Gasteiger partial charge in [0.1, 0.15) is 17.3 Å². The maximum Gasteiger partial charge on any atom is 0.420 e. The standard InChI is InChI=1S/C25H23F4N3O5/c1-3-36-21-10-22(33)30-11-16(21)14-4-6-19(18(26)8-14)32-23(34)31-15-5-7-20(17(9-15)25(27,28)29)37-24(2)12-35-13-24/h4-11H,3,12-13H2,1-2H3,(H,30,33)(H2,31,32,34). The molecule has 0 spiro atoms. The molecule has 4 rings (SSSR count). The summed E-state index contributed by atoms with van der Waals surface area (Å²) >= 11 is 0. The van der Waals surface area contributed by atoms with Gasteiger partial charge in [-0.25, -0.2) is 9.18 Å². The summed E-state index contributed by atoms with van der Waals surface area (Å²) in [5.74, 6) is -0.938. The number of nitrogens with one attached hydrogen (secondary N) is 3. The topological polar surface area (TPSA) is 102 Å². The Hall–Kier alpha value is -4.06. The highest BCUT2D eigenvalue weighted by Gasteiger charge is 2.40. The molecular formula is C25H23F4N3O5.